The highest BCUT2D eigenvalue weighted by molar-refractivity contribution is 5.86. The molecule has 1 saturated heterocycles. The molecule has 1 fully saturated rings. The summed E-state index contributed by atoms with van der Waals surface area (Å²) in [5.74, 6) is 1.13. The second kappa shape index (κ2) is 5.61. The lowest BCUT2D eigenvalue weighted by atomic mass is 9.72. The molecule has 1 aliphatic rings. The van der Waals surface area contributed by atoms with Crippen LogP contribution < -0.4 is 5.32 Å². The van der Waals surface area contributed by atoms with Gasteiger partial charge in [-0.05, 0) is 39.3 Å². The van der Waals surface area contributed by atoms with Gasteiger partial charge in [0.25, 0.3) is 0 Å². The molecule has 2 rings (SSSR count). The van der Waals surface area contributed by atoms with Crippen LogP contribution in [0.2, 0.25) is 0 Å². The van der Waals surface area contributed by atoms with Crippen LogP contribution in [-0.4, -0.2) is 33.6 Å². The van der Waals surface area contributed by atoms with Crippen molar-refractivity contribution >= 4 is 5.78 Å². The SMILES string of the molecule is CCn1ncnc1CC(=O)C1(CC)CCNCC1. The van der Waals surface area contributed by atoms with Gasteiger partial charge < -0.3 is 5.32 Å². The van der Waals surface area contributed by atoms with Crippen molar-refractivity contribution in [1.29, 1.82) is 0 Å². The number of aromatic nitrogens is 3. The molecule has 100 valence electrons. The minimum atomic E-state index is -0.143. The van der Waals surface area contributed by atoms with E-state index in [1.807, 2.05) is 11.6 Å². The molecule has 2 heterocycles. The number of Topliss-reactive ketones (excluding diaryl/α,β-unsaturated/α-hetero) is 1. The van der Waals surface area contributed by atoms with Gasteiger partial charge in [0.05, 0.1) is 6.42 Å². The summed E-state index contributed by atoms with van der Waals surface area (Å²) >= 11 is 0. The molecule has 0 unspecified atom stereocenters. The molecule has 1 aromatic rings. The van der Waals surface area contributed by atoms with Gasteiger partial charge in [0.2, 0.25) is 0 Å². The van der Waals surface area contributed by atoms with Crippen LogP contribution in [0.25, 0.3) is 0 Å². The smallest absolute Gasteiger partial charge is 0.146 e. The van der Waals surface area contributed by atoms with Crippen molar-refractivity contribution in [2.75, 3.05) is 13.1 Å². The van der Waals surface area contributed by atoms with Gasteiger partial charge in [-0.1, -0.05) is 6.92 Å². The van der Waals surface area contributed by atoms with E-state index in [4.69, 9.17) is 0 Å². The molecule has 0 aliphatic carbocycles. The second-order valence-electron chi connectivity index (χ2n) is 4.98. The van der Waals surface area contributed by atoms with E-state index in [0.717, 1.165) is 44.7 Å². The largest absolute Gasteiger partial charge is 0.317 e. The third-order valence-electron chi connectivity index (χ3n) is 4.14. The molecule has 0 atom stereocenters. The minimum Gasteiger partial charge on any atom is -0.317 e. The number of nitrogens with zero attached hydrogens (tertiary/aromatic N) is 3. The van der Waals surface area contributed by atoms with Gasteiger partial charge in [0, 0.05) is 12.0 Å². The van der Waals surface area contributed by atoms with Gasteiger partial charge in [-0.3, -0.25) is 4.79 Å². The van der Waals surface area contributed by atoms with E-state index in [2.05, 4.69) is 22.3 Å². The first-order valence-corrected chi connectivity index (χ1v) is 6.82. The molecule has 0 amide bonds. The number of piperidine rings is 1. The quantitative estimate of drug-likeness (QED) is 0.852. The standard InChI is InChI=1S/C13H22N4O/c1-3-13(5-7-14-8-6-13)11(18)9-12-15-10-16-17(12)4-2/h10,14H,3-9H2,1-2H3. The average Bonchev–Trinajstić information content (AvgIpc) is 2.86. The molecule has 1 N–H and O–H groups in total. The molecule has 5 heteroatoms. The third kappa shape index (κ3) is 2.46. The lowest BCUT2D eigenvalue weighted by Gasteiger charge is -2.35. The molecule has 1 aliphatic heterocycles. The Kier molecular flexibility index (Phi) is 4.11. The molecular formula is C13H22N4O. The number of hydrogen-bond acceptors (Lipinski definition) is 4. The van der Waals surface area contributed by atoms with Crippen molar-refractivity contribution in [3.63, 3.8) is 0 Å². The van der Waals surface area contributed by atoms with E-state index in [1.54, 1.807) is 0 Å². The molecule has 0 saturated carbocycles. The number of aryl methyl sites for hydroxylation is 1. The molecule has 0 aromatic carbocycles. The number of hydrogen-bond donors (Lipinski definition) is 1. The van der Waals surface area contributed by atoms with Crippen molar-refractivity contribution in [3.8, 4) is 0 Å². The molecule has 1 aromatic heterocycles. The molecule has 18 heavy (non-hydrogen) atoms. The number of ketones is 1. The highest BCUT2D eigenvalue weighted by Gasteiger charge is 2.37. The van der Waals surface area contributed by atoms with Crippen LogP contribution in [0.5, 0.6) is 0 Å². The van der Waals surface area contributed by atoms with Crippen LogP contribution in [-0.2, 0) is 17.8 Å². The fourth-order valence-corrected chi connectivity index (χ4v) is 2.76. The van der Waals surface area contributed by atoms with Gasteiger partial charge in [0.15, 0.2) is 0 Å². The summed E-state index contributed by atoms with van der Waals surface area (Å²) in [5, 5.41) is 7.45. The van der Waals surface area contributed by atoms with Crippen molar-refractivity contribution < 1.29 is 4.79 Å². The fraction of sp³-hybridized carbons (Fsp3) is 0.769. The highest BCUT2D eigenvalue weighted by Crippen LogP contribution is 2.34. The average molecular weight is 250 g/mol. The van der Waals surface area contributed by atoms with Crippen LogP contribution in [0.3, 0.4) is 0 Å². The Morgan fingerprint density at radius 2 is 2.17 bits per heavy atom. The predicted octanol–water partition coefficient (Wildman–Crippen LogP) is 1.19. The third-order valence-corrected chi connectivity index (χ3v) is 4.14. The summed E-state index contributed by atoms with van der Waals surface area (Å²) in [6.07, 6.45) is 4.77. The summed E-state index contributed by atoms with van der Waals surface area (Å²) in [7, 11) is 0. The van der Waals surface area contributed by atoms with Crippen LogP contribution in [0.1, 0.15) is 38.9 Å². The number of rotatable bonds is 5. The zero-order chi connectivity index (χ0) is 13.0. The molecule has 0 radical (unpaired) electrons. The summed E-state index contributed by atoms with van der Waals surface area (Å²) in [6.45, 7) is 6.79. The van der Waals surface area contributed by atoms with Gasteiger partial charge in [-0.2, -0.15) is 5.10 Å². The first-order valence-electron chi connectivity index (χ1n) is 6.82. The van der Waals surface area contributed by atoms with Crippen molar-refractivity contribution in [2.24, 2.45) is 5.41 Å². The molecule has 5 nitrogen and oxygen atoms in total. The monoisotopic (exact) mass is 250 g/mol. The first-order chi connectivity index (χ1) is 8.72. The Labute approximate surface area is 108 Å². The van der Waals surface area contributed by atoms with Crippen LogP contribution in [0, 0.1) is 5.41 Å². The fourth-order valence-electron chi connectivity index (χ4n) is 2.76. The number of carbonyl (C=O) groups is 1. The Morgan fingerprint density at radius 1 is 1.44 bits per heavy atom. The molecule has 0 spiro atoms. The van der Waals surface area contributed by atoms with E-state index in [0.29, 0.717) is 12.2 Å². The normalized spacial score (nSPS) is 18.8. The van der Waals surface area contributed by atoms with E-state index < -0.39 is 0 Å². The van der Waals surface area contributed by atoms with Gasteiger partial charge in [0.1, 0.15) is 17.9 Å². The van der Waals surface area contributed by atoms with Crippen LogP contribution in [0.15, 0.2) is 6.33 Å². The summed E-state index contributed by atoms with van der Waals surface area (Å²) in [5.41, 5.74) is -0.143. The highest BCUT2D eigenvalue weighted by atomic mass is 16.1. The topological polar surface area (TPSA) is 59.8 Å². The lowest BCUT2D eigenvalue weighted by molar-refractivity contribution is -0.130. The minimum absolute atomic E-state index is 0.143. The Bertz CT molecular complexity index is 407. The van der Waals surface area contributed by atoms with Gasteiger partial charge in [-0.25, -0.2) is 9.67 Å². The van der Waals surface area contributed by atoms with E-state index >= 15 is 0 Å². The maximum Gasteiger partial charge on any atom is 0.146 e. The maximum absolute atomic E-state index is 12.6. The Hall–Kier alpha value is -1.23. The summed E-state index contributed by atoms with van der Waals surface area (Å²) < 4.78 is 1.81. The lowest BCUT2D eigenvalue weighted by Crippen LogP contribution is -2.42. The van der Waals surface area contributed by atoms with Gasteiger partial charge >= 0.3 is 0 Å². The maximum atomic E-state index is 12.6. The van der Waals surface area contributed by atoms with Crippen molar-refractivity contribution in [2.45, 2.75) is 46.1 Å². The van der Waals surface area contributed by atoms with Gasteiger partial charge in [-0.15, -0.1) is 0 Å². The Balaban J connectivity index is 2.10. The summed E-state index contributed by atoms with van der Waals surface area (Å²) in [4.78, 5) is 16.8. The van der Waals surface area contributed by atoms with Crippen molar-refractivity contribution in [3.05, 3.63) is 12.2 Å². The van der Waals surface area contributed by atoms with Crippen LogP contribution >= 0.6 is 0 Å². The summed E-state index contributed by atoms with van der Waals surface area (Å²) in [6, 6.07) is 0. The molecule has 0 bridgehead atoms. The second-order valence-corrected chi connectivity index (χ2v) is 4.98. The predicted molar refractivity (Wildman–Crippen MR) is 69.2 cm³/mol. The zero-order valence-corrected chi connectivity index (χ0v) is 11.3. The molecular weight excluding hydrogens is 228 g/mol. The first kappa shape index (κ1) is 13.2. The van der Waals surface area contributed by atoms with Crippen molar-refractivity contribution in [1.82, 2.24) is 20.1 Å². The Morgan fingerprint density at radius 3 is 2.78 bits per heavy atom. The van der Waals surface area contributed by atoms with E-state index in [-0.39, 0.29) is 5.41 Å². The number of carbonyl (C=O) groups excluding carboxylic acids is 1. The van der Waals surface area contributed by atoms with Crippen LogP contribution in [0.4, 0.5) is 0 Å². The zero-order valence-electron chi connectivity index (χ0n) is 11.3. The number of nitrogens with one attached hydrogen (secondary N) is 1. The van der Waals surface area contributed by atoms with E-state index in [9.17, 15) is 4.79 Å². The van der Waals surface area contributed by atoms with E-state index in [1.165, 1.54) is 6.33 Å².